The molecule has 0 bridgehead atoms. The van der Waals surface area contributed by atoms with E-state index in [-0.39, 0.29) is 5.91 Å². The molecule has 0 radical (unpaired) electrons. The summed E-state index contributed by atoms with van der Waals surface area (Å²) in [5.41, 5.74) is 3.93. The SMILES string of the molecule is CCOC(=O)c1ccc(N2C(=O)c3n[nH]c(C)c3[C@@H]2c2ccc(OC)c(OC)c2)cc1. The fraction of sp³-hybridized carbons (Fsp3) is 0.261. The number of carbonyl (C=O) groups is 2. The summed E-state index contributed by atoms with van der Waals surface area (Å²) >= 11 is 0. The fourth-order valence-electron chi connectivity index (χ4n) is 3.87. The minimum atomic E-state index is -0.408. The zero-order chi connectivity index (χ0) is 22.1. The molecule has 0 unspecified atom stereocenters. The number of anilines is 1. The largest absolute Gasteiger partial charge is 0.493 e. The van der Waals surface area contributed by atoms with Crippen LogP contribution in [0.4, 0.5) is 5.69 Å². The molecule has 2 heterocycles. The number of esters is 1. The number of benzene rings is 2. The Labute approximate surface area is 179 Å². The normalized spacial score (nSPS) is 15.0. The van der Waals surface area contributed by atoms with Crippen LogP contribution in [0.3, 0.4) is 0 Å². The molecule has 1 atom stereocenters. The van der Waals surface area contributed by atoms with Crippen LogP contribution in [-0.4, -0.2) is 42.9 Å². The van der Waals surface area contributed by atoms with Gasteiger partial charge in [-0.05, 0) is 55.8 Å². The average molecular weight is 421 g/mol. The van der Waals surface area contributed by atoms with Crippen molar-refractivity contribution in [2.45, 2.75) is 19.9 Å². The highest BCUT2D eigenvalue weighted by molar-refractivity contribution is 6.10. The zero-order valence-corrected chi connectivity index (χ0v) is 17.8. The lowest BCUT2D eigenvalue weighted by Crippen LogP contribution is -2.29. The van der Waals surface area contributed by atoms with Crippen molar-refractivity contribution in [2.75, 3.05) is 25.7 Å². The van der Waals surface area contributed by atoms with E-state index in [1.54, 1.807) is 50.3 Å². The Bertz CT molecular complexity index is 1140. The van der Waals surface area contributed by atoms with Gasteiger partial charge >= 0.3 is 5.97 Å². The third-order valence-corrected chi connectivity index (χ3v) is 5.33. The first kappa shape index (κ1) is 20.5. The summed E-state index contributed by atoms with van der Waals surface area (Å²) in [5.74, 6) is 0.551. The Balaban J connectivity index is 1.80. The Morgan fingerprint density at radius 2 is 1.81 bits per heavy atom. The molecule has 8 heteroatoms. The van der Waals surface area contributed by atoms with Gasteiger partial charge in [0, 0.05) is 16.9 Å². The van der Waals surface area contributed by atoms with E-state index in [4.69, 9.17) is 14.2 Å². The molecule has 0 aliphatic carbocycles. The molecule has 3 aromatic rings. The molecular formula is C23H23N3O5. The van der Waals surface area contributed by atoms with Crippen LogP contribution in [0.5, 0.6) is 11.5 Å². The molecule has 0 saturated carbocycles. The highest BCUT2D eigenvalue weighted by Crippen LogP contribution is 2.44. The number of hydrogen-bond donors (Lipinski definition) is 1. The first-order valence-corrected chi connectivity index (χ1v) is 9.87. The van der Waals surface area contributed by atoms with Gasteiger partial charge in [0.25, 0.3) is 5.91 Å². The van der Waals surface area contributed by atoms with Gasteiger partial charge in [-0.3, -0.25) is 14.8 Å². The molecule has 0 fully saturated rings. The van der Waals surface area contributed by atoms with Crippen LogP contribution in [0.2, 0.25) is 0 Å². The van der Waals surface area contributed by atoms with Crippen LogP contribution in [-0.2, 0) is 4.74 Å². The van der Waals surface area contributed by atoms with Gasteiger partial charge in [0.2, 0.25) is 0 Å². The van der Waals surface area contributed by atoms with Crippen LogP contribution in [0.25, 0.3) is 0 Å². The Morgan fingerprint density at radius 3 is 2.45 bits per heavy atom. The fourth-order valence-corrected chi connectivity index (χ4v) is 3.87. The molecule has 8 nitrogen and oxygen atoms in total. The number of rotatable bonds is 6. The standard InChI is InChI=1S/C23H23N3O5/c1-5-31-23(28)14-6-9-16(10-7-14)26-21(19-13(2)24-25-20(19)22(26)27)15-8-11-17(29-3)18(12-15)30-4/h6-12,21H,5H2,1-4H3,(H,24,25)/t21-/m0/s1. The smallest absolute Gasteiger partial charge is 0.338 e. The maximum Gasteiger partial charge on any atom is 0.338 e. The summed E-state index contributed by atoms with van der Waals surface area (Å²) in [4.78, 5) is 27.0. The van der Waals surface area contributed by atoms with Gasteiger partial charge < -0.3 is 14.2 Å². The maximum atomic E-state index is 13.3. The molecule has 160 valence electrons. The summed E-state index contributed by atoms with van der Waals surface area (Å²) in [6.07, 6.45) is 0. The number of H-pyrrole nitrogens is 1. The first-order chi connectivity index (χ1) is 15.0. The topological polar surface area (TPSA) is 93.8 Å². The highest BCUT2D eigenvalue weighted by atomic mass is 16.5. The number of aromatic nitrogens is 2. The van der Waals surface area contributed by atoms with Gasteiger partial charge in [0.1, 0.15) is 0 Å². The molecule has 0 spiro atoms. The highest BCUT2D eigenvalue weighted by Gasteiger charge is 2.42. The number of aryl methyl sites for hydroxylation is 1. The maximum absolute atomic E-state index is 13.3. The van der Waals surface area contributed by atoms with E-state index in [2.05, 4.69) is 10.2 Å². The van der Waals surface area contributed by atoms with Crippen LogP contribution in [0, 0.1) is 6.92 Å². The van der Waals surface area contributed by atoms with Gasteiger partial charge in [-0.1, -0.05) is 6.07 Å². The lowest BCUT2D eigenvalue weighted by Gasteiger charge is -2.27. The third kappa shape index (κ3) is 3.39. The number of amides is 1. The minimum absolute atomic E-state index is 0.219. The summed E-state index contributed by atoms with van der Waals surface area (Å²) in [6.45, 7) is 3.94. The summed E-state index contributed by atoms with van der Waals surface area (Å²) in [5, 5.41) is 7.14. The van der Waals surface area contributed by atoms with Crippen molar-refractivity contribution in [1.82, 2.24) is 10.2 Å². The second-order valence-corrected chi connectivity index (χ2v) is 7.07. The van der Waals surface area contributed by atoms with E-state index in [0.29, 0.717) is 35.1 Å². The lowest BCUT2D eigenvalue weighted by molar-refractivity contribution is 0.0526. The van der Waals surface area contributed by atoms with Gasteiger partial charge in [-0.15, -0.1) is 0 Å². The van der Waals surface area contributed by atoms with E-state index in [1.165, 1.54) is 0 Å². The zero-order valence-electron chi connectivity index (χ0n) is 17.8. The Hall–Kier alpha value is -3.81. The number of methoxy groups -OCH3 is 2. The summed E-state index contributed by atoms with van der Waals surface area (Å²) in [7, 11) is 3.15. The molecule has 2 aromatic carbocycles. The number of aromatic amines is 1. The number of carbonyl (C=O) groups excluding carboxylic acids is 2. The van der Waals surface area contributed by atoms with Crippen molar-refractivity contribution >= 4 is 17.6 Å². The Kier molecular flexibility index (Phi) is 5.37. The van der Waals surface area contributed by atoms with Crippen molar-refractivity contribution in [1.29, 1.82) is 0 Å². The molecule has 4 rings (SSSR count). The molecule has 1 aliphatic heterocycles. The molecule has 1 aromatic heterocycles. The summed E-state index contributed by atoms with van der Waals surface area (Å²) in [6, 6.07) is 12.0. The van der Waals surface area contributed by atoms with E-state index in [0.717, 1.165) is 16.8 Å². The molecule has 0 saturated heterocycles. The van der Waals surface area contributed by atoms with Crippen LogP contribution in [0.1, 0.15) is 50.6 Å². The molecule has 31 heavy (non-hydrogen) atoms. The molecule has 1 aliphatic rings. The van der Waals surface area contributed by atoms with E-state index < -0.39 is 12.0 Å². The van der Waals surface area contributed by atoms with Crippen molar-refractivity contribution in [2.24, 2.45) is 0 Å². The minimum Gasteiger partial charge on any atom is -0.493 e. The second-order valence-electron chi connectivity index (χ2n) is 7.07. The number of hydrogen-bond acceptors (Lipinski definition) is 6. The number of fused-ring (bicyclic) bond motifs is 1. The van der Waals surface area contributed by atoms with Gasteiger partial charge in [0.05, 0.1) is 32.4 Å². The molecule has 1 N–H and O–H groups in total. The molecule has 1 amide bonds. The van der Waals surface area contributed by atoms with Crippen molar-refractivity contribution in [3.8, 4) is 11.5 Å². The predicted molar refractivity (Wildman–Crippen MR) is 114 cm³/mol. The quantitative estimate of drug-likeness (QED) is 0.611. The van der Waals surface area contributed by atoms with Crippen LogP contribution >= 0.6 is 0 Å². The van der Waals surface area contributed by atoms with E-state index in [1.807, 2.05) is 25.1 Å². The monoisotopic (exact) mass is 421 g/mol. The third-order valence-electron chi connectivity index (χ3n) is 5.33. The van der Waals surface area contributed by atoms with Crippen LogP contribution < -0.4 is 14.4 Å². The Morgan fingerprint density at radius 1 is 1.10 bits per heavy atom. The van der Waals surface area contributed by atoms with Gasteiger partial charge in [0.15, 0.2) is 17.2 Å². The average Bonchev–Trinajstić information content (AvgIpc) is 3.31. The first-order valence-electron chi connectivity index (χ1n) is 9.87. The van der Waals surface area contributed by atoms with Crippen molar-refractivity contribution in [3.05, 3.63) is 70.5 Å². The van der Waals surface area contributed by atoms with Gasteiger partial charge in [-0.25, -0.2) is 4.79 Å². The summed E-state index contributed by atoms with van der Waals surface area (Å²) < 4.78 is 15.9. The number of ether oxygens (including phenoxy) is 3. The number of nitrogens with zero attached hydrogens (tertiary/aromatic N) is 2. The lowest BCUT2D eigenvalue weighted by atomic mass is 9.98. The second kappa shape index (κ2) is 8.14. The predicted octanol–water partition coefficient (Wildman–Crippen LogP) is 3.66. The molecular weight excluding hydrogens is 398 g/mol. The van der Waals surface area contributed by atoms with E-state index in [9.17, 15) is 9.59 Å². The van der Waals surface area contributed by atoms with Crippen LogP contribution in [0.15, 0.2) is 42.5 Å². The van der Waals surface area contributed by atoms with Crippen molar-refractivity contribution < 1.29 is 23.8 Å². The van der Waals surface area contributed by atoms with Gasteiger partial charge in [-0.2, -0.15) is 5.10 Å². The van der Waals surface area contributed by atoms with Crippen molar-refractivity contribution in [3.63, 3.8) is 0 Å². The number of nitrogens with one attached hydrogen (secondary N) is 1. The van der Waals surface area contributed by atoms with E-state index >= 15 is 0 Å².